The first-order valence-electron chi connectivity index (χ1n) is 9.60. The number of carboxylic acid groups (broad SMARTS) is 1. The summed E-state index contributed by atoms with van der Waals surface area (Å²) in [5.41, 5.74) is 0.396. The van der Waals surface area contributed by atoms with Crippen LogP contribution in [0.2, 0.25) is 0 Å². The van der Waals surface area contributed by atoms with Crippen LogP contribution in [0.5, 0.6) is 0 Å². The van der Waals surface area contributed by atoms with Crippen LogP contribution in [0.25, 0.3) is 0 Å². The van der Waals surface area contributed by atoms with Crippen molar-refractivity contribution in [3.63, 3.8) is 0 Å². The van der Waals surface area contributed by atoms with Crippen molar-refractivity contribution in [2.75, 3.05) is 4.90 Å². The molecule has 28 heavy (non-hydrogen) atoms. The third kappa shape index (κ3) is 4.56. The molecule has 0 saturated heterocycles. The van der Waals surface area contributed by atoms with Crippen molar-refractivity contribution in [3.05, 3.63) is 48.4 Å². The van der Waals surface area contributed by atoms with E-state index < -0.39 is 22.2 Å². The zero-order valence-corrected chi connectivity index (χ0v) is 16.7. The Balaban J connectivity index is 1.82. The predicted molar refractivity (Wildman–Crippen MR) is 106 cm³/mol. The van der Waals surface area contributed by atoms with E-state index in [-0.39, 0.29) is 10.9 Å². The number of hydrogen-bond acceptors (Lipinski definition) is 4. The van der Waals surface area contributed by atoms with Crippen molar-refractivity contribution < 1.29 is 22.7 Å². The van der Waals surface area contributed by atoms with Gasteiger partial charge in [0.1, 0.15) is 5.76 Å². The van der Waals surface area contributed by atoms with Crippen LogP contribution in [-0.4, -0.2) is 25.7 Å². The molecule has 2 aromatic rings. The third-order valence-corrected chi connectivity index (χ3v) is 6.66. The van der Waals surface area contributed by atoms with Gasteiger partial charge in [0.05, 0.1) is 17.2 Å². The Morgan fingerprint density at radius 3 is 2.43 bits per heavy atom. The first-order valence-corrected chi connectivity index (χ1v) is 11.1. The fraction of sp³-hybridized carbons (Fsp3) is 0.450. The summed E-state index contributed by atoms with van der Waals surface area (Å²) in [5, 5.41) is 9.73. The predicted octanol–water partition coefficient (Wildman–Crippen LogP) is 4.53. The largest absolute Gasteiger partial charge is 0.467 e. The van der Waals surface area contributed by atoms with E-state index >= 15 is 0 Å². The molecule has 2 N–H and O–H groups in total. The summed E-state index contributed by atoms with van der Waals surface area (Å²) in [5.74, 6) is 0.542. The van der Waals surface area contributed by atoms with E-state index in [1.165, 1.54) is 35.4 Å². The van der Waals surface area contributed by atoms with Crippen LogP contribution in [0.15, 0.2) is 52.0 Å². The van der Waals surface area contributed by atoms with E-state index in [0.29, 0.717) is 17.9 Å². The van der Waals surface area contributed by atoms with E-state index in [1.807, 2.05) is 6.92 Å². The summed E-state index contributed by atoms with van der Waals surface area (Å²) in [6, 6.07) is 8.87. The van der Waals surface area contributed by atoms with Gasteiger partial charge in [0, 0.05) is 11.7 Å². The standard InChI is InChI=1S/C20H26N2O5S/c1-2-18(19-9-6-14-27-19)22(20(23)24)16-10-12-17(13-11-16)28(25,26)21-15-7-4-3-5-8-15/h6,9-15,18,21H,2-5,7-8H2,1H3,(H,23,24). The Morgan fingerprint density at radius 1 is 1.21 bits per heavy atom. The lowest BCUT2D eigenvalue weighted by Crippen LogP contribution is -2.36. The molecule has 1 saturated carbocycles. The number of hydrogen-bond donors (Lipinski definition) is 2. The van der Waals surface area contributed by atoms with Crippen molar-refractivity contribution >= 4 is 21.8 Å². The molecule has 152 valence electrons. The topological polar surface area (TPSA) is 99.8 Å². The van der Waals surface area contributed by atoms with Crippen molar-refractivity contribution in [1.29, 1.82) is 0 Å². The van der Waals surface area contributed by atoms with Gasteiger partial charge in [-0.25, -0.2) is 17.9 Å². The highest BCUT2D eigenvalue weighted by atomic mass is 32.2. The Labute approximate surface area is 165 Å². The van der Waals surface area contributed by atoms with Gasteiger partial charge in [-0.2, -0.15) is 0 Å². The van der Waals surface area contributed by atoms with Gasteiger partial charge >= 0.3 is 6.09 Å². The van der Waals surface area contributed by atoms with Gasteiger partial charge in [0.2, 0.25) is 10.0 Å². The second kappa shape index (κ2) is 8.79. The van der Waals surface area contributed by atoms with Gasteiger partial charge in [-0.15, -0.1) is 0 Å². The molecule has 1 aliphatic rings. The van der Waals surface area contributed by atoms with Gasteiger partial charge in [-0.05, 0) is 55.7 Å². The minimum atomic E-state index is -3.63. The monoisotopic (exact) mass is 406 g/mol. The summed E-state index contributed by atoms with van der Waals surface area (Å²) in [6.07, 6.45) is 5.81. The summed E-state index contributed by atoms with van der Waals surface area (Å²) < 4.78 is 33.4. The number of nitrogens with one attached hydrogen (secondary N) is 1. The van der Waals surface area contributed by atoms with Crippen molar-refractivity contribution in [2.45, 2.75) is 62.4 Å². The maximum Gasteiger partial charge on any atom is 0.412 e. The van der Waals surface area contributed by atoms with Crippen LogP contribution in [0.3, 0.4) is 0 Å². The number of furan rings is 1. The van der Waals surface area contributed by atoms with Gasteiger partial charge in [0.15, 0.2) is 0 Å². The zero-order chi connectivity index (χ0) is 20.1. The lowest BCUT2D eigenvalue weighted by molar-refractivity contribution is 0.197. The summed E-state index contributed by atoms with van der Waals surface area (Å²) in [6.45, 7) is 1.87. The molecule has 0 aliphatic heterocycles. The molecule has 8 heteroatoms. The van der Waals surface area contributed by atoms with E-state index in [1.54, 1.807) is 12.1 Å². The number of sulfonamides is 1. The van der Waals surface area contributed by atoms with Crippen molar-refractivity contribution in [1.82, 2.24) is 4.72 Å². The summed E-state index contributed by atoms with van der Waals surface area (Å²) in [4.78, 5) is 13.2. The molecule has 1 aromatic carbocycles. The fourth-order valence-electron chi connectivity index (χ4n) is 3.71. The summed E-state index contributed by atoms with van der Waals surface area (Å²) in [7, 11) is -3.63. The highest BCUT2D eigenvalue weighted by Gasteiger charge is 2.28. The molecule has 0 spiro atoms. The Kier molecular flexibility index (Phi) is 6.41. The van der Waals surface area contributed by atoms with E-state index in [2.05, 4.69) is 4.72 Å². The molecular formula is C20H26N2O5S. The molecule has 1 aromatic heterocycles. The van der Waals surface area contributed by atoms with E-state index in [4.69, 9.17) is 4.42 Å². The second-order valence-electron chi connectivity index (χ2n) is 7.04. The van der Waals surface area contributed by atoms with Crippen molar-refractivity contribution in [2.24, 2.45) is 0 Å². The Morgan fingerprint density at radius 2 is 1.89 bits per heavy atom. The minimum absolute atomic E-state index is 0.0302. The fourth-order valence-corrected chi connectivity index (χ4v) is 5.01. The summed E-state index contributed by atoms with van der Waals surface area (Å²) >= 11 is 0. The molecule has 3 rings (SSSR count). The zero-order valence-electron chi connectivity index (χ0n) is 15.9. The van der Waals surface area contributed by atoms with Gasteiger partial charge in [-0.3, -0.25) is 4.90 Å². The molecule has 0 radical (unpaired) electrons. The minimum Gasteiger partial charge on any atom is -0.467 e. The lowest BCUT2D eigenvalue weighted by atomic mass is 9.96. The highest BCUT2D eigenvalue weighted by Crippen LogP contribution is 2.31. The van der Waals surface area contributed by atoms with Crippen LogP contribution >= 0.6 is 0 Å². The van der Waals surface area contributed by atoms with Crippen LogP contribution < -0.4 is 9.62 Å². The third-order valence-electron chi connectivity index (χ3n) is 5.13. The highest BCUT2D eigenvalue weighted by molar-refractivity contribution is 7.89. The number of anilines is 1. The maximum absolute atomic E-state index is 12.6. The Hall–Kier alpha value is -2.32. The van der Waals surface area contributed by atoms with Gasteiger partial charge in [-0.1, -0.05) is 26.2 Å². The smallest absolute Gasteiger partial charge is 0.412 e. The molecule has 1 amide bonds. The molecule has 0 bridgehead atoms. The van der Waals surface area contributed by atoms with Crippen LogP contribution in [0.4, 0.5) is 10.5 Å². The van der Waals surface area contributed by atoms with Crippen LogP contribution in [0.1, 0.15) is 57.3 Å². The van der Waals surface area contributed by atoms with Gasteiger partial charge in [0.25, 0.3) is 0 Å². The van der Waals surface area contributed by atoms with Gasteiger partial charge < -0.3 is 9.52 Å². The second-order valence-corrected chi connectivity index (χ2v) is 8.76. The van der Waals surface area contributed by atoms with Crippen molar-refractivity contribution in [3.8, 4) is 0 Å². The molecule has 1 aliphatic carbocycles. The molecule has 7 nitrogen and oxygen atoms in total. The van der Waals surface area contributed by atoms with Crippen LogP contribution in [0, 0.1) is 0 Å². The SMILES string of the molecule is CCC(c1ccco1)N(C(=O)O)c1ccc(S(=O)(=O)NC2CCCCC2)cc1. The molecule has 1 fully saturated rings. The average Bonchev–Trinajstić information content (AvgIpc) is 3.20. The molecule has 1 heterocycles. The number of rotatable bonds is 7. The molecule has 1 atom stereocenters. The average molecular weight is 407 g/mol. The quantitative estimate of drug-likeness (QED) is 0.704. The lowest BCUT2D eigenvalue weighted by Gasteiger charge is -2.27. The number of benzene rings is 1. The number of nitrogens with zero attached hydrogens (tertiary/aromatic N) is 1. The Bertz CT molecular complexity index is 872. The van der Waals surface area contributed by atoms with E-state index in [9.17, 15) is 18.3 Å². The first kappa shape index (κ1) is 20.4. The normalized spacial score (nSPS) is 16.6. The van der Waals surface area contributed by atoms with E-state index in [0.717, 1.165) is 32.1 Å². The molecular weight excluding hydrogens is 380 g/mol. The first-order chi connectivity index (χ1) is 13.4. The van der Waals surface area contributed by atoms with Crippen LogP contribution in [-0.2, 0) is 10.0 Å². The molecule has 1 unspecified atom stereocenters. The number of amides is 1. The maximum atomic E-state index is 12.6. The number of carbonyl (C=O) groups is 1.